The van der Waals surface area contributed by atoms with E-state index in [0.717, 1.165) is 31.8 Å². The average molecular weight is 209 g/mol. The Hall–Kier alpha value is -0.830. The molecule has 0 saturated carbocycles. The van der Waals surface area contributed by atoms with E-state index in [-0.39, 0.29) is 5.91 Å². The smallest absolute Gasteiger partial charge is 0.246 e. The number of likely N-dealkylation sites (tertiary alicyclic amines) is 1. The van der Waals surface area contributed by atoms with Crippen molar-refractivity contribution in [2.45, 2.75) is 32.7 Å². The summed E-state index contributed by atoms with van der Waals surface area (Å²) in [4.78, 5) is 13.9. The normalized spacial score (nSPS) is 29.9. The van der Waals surface area contributed by atoms with Gasteiger partial charge < -0.3 is 9.64 Å². The maximum Gasteiger partial charge on any atom is 0.246 e. The molecule has 3 heteroatoms. The van der Waals surface area contributed by atoms with Crippen molar-refractivity contribution in [2.24, 2.45) is 5.92 Å². The van der Waals surface area contributed by atoms with E-state index < -0.39 is 0 Å². The first-order valence-corrected chi connectivity index (χ1v) is 5.71. The Morgan fingerprint density at radius 1 is 1.40 bits per heavy atom. The molecule has 2 aliphatic heterocycles. The Kier molecular flexibility index (Phi) is 3.10. The Morgan fingerprint density at radius 2 is 2.20 bits per heavy atom. The molecule has 0 aromatic rings. The molecule has 84 valence electrons. The van der Waals surface area contributed by atoms with Gasteiger partial charge in [-0.15, -0.1) is 0 Å². The maximum atomic E-state index is 11.9. The van der Waals surface area contributed by atoms with Crippen molar-refractivity contribution in [1.29, 1.82) is 0 Å². The highest BCUT2D eigenvalue weighted by Gasteiger charge is 2.37. The fourth-order valence-electron chi connectivity index (χ4n) is 2.50. The zero-order valence-electron chi connectivity index (χ0n) is 9.53. The number of allylic oxidation sites excluding steroid dienone is 1. The first kappa shape index (κ1) is 10.7. The zero-order chi connectivity index (χ0) is 10.8. The number of piperidine rings is 1. The summed E-state index contributed by atoms with van der Waals surface area (Å²) in [6, 6.07) is 0.335. The van der Waals surface area contributed by atoms with Gasteiger partial charge in [-0.3, -0.25) is 4.79 Å². The Labute approximate surface area is 91.1 Å². The summed E-state index contributed by atoms with van der Waals surface area (Å²) < 4.78 is 5.46. The second-order valence-electron chi connectivity index (χ2n) is 4.76. The summed E-state index contributed by atoms with van der Waals surface area (Å²) >= 11 is 0. The summed E-state index contributed by atoms with van der Waals surface area (Å²) in [6.45, 7) is 6.39. The van der Waals surface area contributed by atoms with Crippen LogP contribution in [-0.2, 0) is 9.53 Å². The van der Waals surface area contributed by atoms with Crippen LogP contribution in [0.3, 0.4) is 0 Å². The maximum absolute atomic E-state index is 11.9. The molecule has 0 aromatic heterocycles. The van der Waals surface area contributed by atoms with Crippen molar-refractivity contribution in [3.8, 4) is 0 Å². The molecule has 2 unspecified atom stereocenters. The van der Waals surface area contributed by atoms with Crippen molar-refractivity contribution in [2.75, 3.05) is 19.8 Å². The molecule has 1 amide bonds. The van der Waals surface area contributed by atoms with Crippen LogP contribution >= 0.6 is 0 Å². The minimum absolute atomic E-state index is 0.162. The molecule has 2 atom stereocenters. The number of fused-ring (bicyclic) bond motifs is 1. The standard InChI is InChI=1S/C12H19NO2/c1-9(2)6-12(14)13-5-3-4-10-7-15-8-11(10)13/h6,10-11H,3-5,7-8H2,1-2H3. The molecule has 2 aliphatic rings. The summed E-state index contributed by atoms with van der Waals surface area (Å²) in [5, 5.41) is 0. The molecule has 15 heavy (non-hydrogen) atoms. The van der Waals surface area contributed by atoms with Crippen LogP contribution in [0, 0.1) is 5.92 Å². The second-order valence-corrected chi connectivity index (χ2v) is 4.76. The molecule has 2 fully saturated rings. The van der Waals surface area contributed by atoms with Crippen molar-refractivity contribution in [3.63, 3.8) is 0 Å². The van der Waals surface area contributed by atoms with Gasteiger partial charge in [0, 0.05) is 18.5 Å². The van der Waals surface area contributed by atoms with Gasteiger partial charge in [0.05, 0.1) is 19.3 Å². The highest BCUT2D eigenvalue weighted by molar-refractivity contribution is 5.88. The number of ether oxygens (including phenoxy) is 1. The largest absolute Gasteiger partial charge is 0.379 e. The third-order valence-electron chi connectivity index (χ3n) is 3.23. The number of nitrogens with zero attached hydrogens (tertiary/aromatic N) is 1. The van der Waals surface area contributed by atoms with Crippen molar-refractivity contribution in [3.05, 3.63) is 11.6 Å². The van der Waals surface area contributed by atoms with Crippen LogP contribution in [0.5, 0.6) is 0 Å². The molecule has 0 radical (unpaired) electrons. The summed E-state index contributed by atoms with van der Waals surface area (Å²) in [6.07, 6.45) is 4.07. The van der Waals surface area contributed by atoms with E-state index in [4.69, 9.17) is 4.74 Å². The first-order chi connectivity index (χ1) is 7.18. The van der Waals surface area contributed by atoms with Gasteiger partial charge >= 0.3 is 0 Å². The van der Waals surface area contributed by atoms with Gasteiger partial charge in [-0.05, 0) is 26.7 Å². The molecule has 0 N–H and O–H groups in total. The molecule has 3 nitrogen and oxygen atoms in total. The number of carbonyl (C=O) groups excluding carboxylic acids is 1. The van der Waals surface area contributed by atoms with E-state index in [1.807, 2.05) is 18.7 Å². The fraction of sp³-hybridized carbons (Fsp3) is 0.750. The molecular formula is C12H19NO2. The zero-order valence-corrected chi connectivity index (χ0v) is 9.53. The van der Waals surface area contributed by atoms with Gasteiger partial charge in [-0.1, -0.05) is 5.57 Å². The van der Waals surface area contributed by atoms with Crippen molar-refractivity contribution >= 4 is 5.91 Å². The molecule has 2 saturated heterocycles. The molecular weight excluding hydrogens is 190 g/mol. The highest BCUT2D eigenvalue weighted by atomic mass is 16.5. The molecule has 0 spiro atoms. The van der Waals surface area contributed by atoms with Crippen LogP contribution in [0.2, 0.25) is 0 Å². The number of rotatable bonds is 1. The van der Waals surface area contributed by atoms with E-state index in [2.05, 4.69) is 0 Å². The van der Waals surface area contributed by atoms with Crippen LogP contribution in [-0.4, -0.2) is 36.6 Å². The lowest BCUT2D eigenvalue weighted by molar-refractivity contribution is -0.130. The Morgan fingerprint density at radius 3 is 2.93 bits per heavy atom. The van der Waals surface area contributed by atoms with Gasteiger partial charge in [0.15, 0.2) is 0 Å². The number of carbonyl (C=O) groups is 1. The molecule has 0 aromatic carbocycles. The molecule has 0 bridgehead atoms. The molecule has 2 heterocycles. The van der Waals surface area contributed by atoms with Crippen LogP contribution in [0.1, 0.15) is 26.7 Å². The van der Waals surface area contributed by atoms with E-state index >= 15 is 0 Å². The predicted molar refractivity (Wildman–Crippen MR) is 58.5 cm³/mol. The minimum Gasteiger partial charge on any atom is -0.379 e. The summed E-state index contributed by atoms with van der Waals surface area (Å²) in [7, 11) is 0. The lowest BCUT2D eigenvalue weighted by Gasteiger charge is -2.35. The lowest BCUT2D eigenvalue weighted by atomic mass is 9.92. The second kappa shape index (κ2) is 4.35. The van der Waals surface area contributed by atoms with E-state index in [1.165, 1.54) is 6.42 Å². The van der Waals surface area contributed by atoms with Gasteiger partial charge in [0.25, 0.3) is 0 Å². The highest BCUT2D eigenvalue weighted by Crippen LogP contribution is 2.29. The van der Waals surface area contributed by atoms with E-state index in [1.54, 1.807) is 6.08 Å². The van der Waals surface area contributed by atoms with Crippen LogP contribution in [0.15, 0.2) is 11.6 Å². The van der Waals surface area contributed by atoms with Crippen LogP contribution < -0.4 is 0 Å². The van der Waals surface area contributed by atoms with Crippen LogP contribution in [0.25, 0.3) is 0 Å². The Balaban J connectivity index is 2.07. The van der Waals surface area contributed by atoms with Crippen molar-refractivity contribution in [1.82, 2.24) is 4.90 Å². The van der Waals surface area contributed by atoms with Gasteiger partial charge in [0.2, 0.25) is 5.91 Å². The summed E-state index contributed by atoms with van der Waals surface area (Å²) in [5.74, 6) is 0.739. The predicted octanol–water partition coefficient (Wildman–Crippen LogP) is 1.59. The van der Waals surface area contributed by atoms with Gasteiger partial charge in [-0.2, -0.15) is 0 Å². The van der Waals surface area contributed by atoms with Gasteiger partial charge in [-0.25, -0.2) is 0 Å². The SMILES string of the molecule is CC(C)=CC(=O)N1CCCC2COCC21. The number of hydrogen-bond donors (Lipinski definition) is 0. The minimum atomic E-state index is 0.162. The first-order valence-electron chi connectivity index (χ1n) is 5.71. The topological polar surface area (TPSA) is 29.5 Å². The third-order valence-corrected chi connectivity index (χ3v) is 3.23. The quantitative estimate of drug-likeness (QED) is 0.614. The molecule has 0 aliphatic carbocycles. The van der Waals surface area contributed by atoms with E-state index in [9.17, 15) is 4.79 Å². The van der Waals surface area contributed by atoms with E-state index in [0.29, 0.717) is 12.0 Å². The average Bonchev–Trinajstić information content (AvgIpc) is 2.63. The third kappa shape index (κ3) is 2.23. The Bertz CT molecular complexity index is 281. The lowest BCUT2D eigenvalue weighted by Crippen LogP contribution is -2.47. The molecule has 2 rings (SSSR count). The number of amides is 1. The fourth-order valence-corrected chi connectivity index (χ4v) is 2.50. The van der Waals surface area contributed by atoms with Crippen LogP contribution in [0.4, 0.5) is 0 Å². The number of hydrogen-bond acceptors (Lipinski definition) is 2. The van der Waals surface area contributed by atoms with Gasteiger partial charge in [0.1, 0.15) is 0 Å². The monoisotopic (exact) mass is 209 g/mol. The van der Waals surface area contributed by atoms with Crippen molar-refractivity contribution < 1.29 is 9.53 Å². The summed E-state index contributed by atoms with van der Waals surface area (Å²) in [5.41, 5.74) is 1.07.